The Morgan fingerprint density at radius 1 is 1.43 bits per heavy atom. The van der Waals surface area contributed by atoms with Gasteiger partial charge in [0, 0.05) is 4.88 Å². The summed E-state index contributed by atoms with van der Waals surface area (Å²) in [6.07, 6.45) is 1.92. The minimum absolute atomic E-state index is 0.0150. The Kier molecular flexibility index (Phi) is 7.29. The number of aromatic amines is 1. The molecule has 1 amide bonds. The molecule has 8 heteroatoms. The number of carbonyl (C=O) groups is 1. The molecule has 2 atom stereocenters. The fraction of sp³-hybridized carbons (Fsp3) is 0.600. The first-order chi connectivity index (χ1) is 13.1. The molecule has 0 aliphatic rings. The van der Waals surface area contributed by atoms with E-state index in [4.69, 9.17) is 0 Å². The number of nitrogens with zero attached hydrogens (tertiary/aromatic N) is 2. The molecule has 0 saturated carbocycles. The van der Waals surface area contributed by atoms with Crippen molar-refractivity contribution in [2.45, 2.75) is 65.1 Å². The summed E-state index contributed by atoms with van der Waals surface area (Å²) in [5.41, 5.74) is 0.0109. The number of thiophene rings is 1. The molecular weight excluding hydrogens is 392 g/mol. The molecule has 0 aromatic carbocycles. The highest BCUT2D eigenvalue weighted by Gasteiger charge is 2.30. The Hall–Kier alpha value is -1.85. The van der Waals surface area contributed by atoms with Crippen molar-refractivity contribution in [1.29, 1.82) is 5.26 Å². The number of carbonyl (C=O) groups excluding carboxylic acids is 1. The van der Waals surface area contributed by atoms with Gasteiger partial charge in [0.1, 0.15) is 10.4 Å². The van der Waals surface area contributed by atoms with Crippen LogP contribution in [0.5, 0.6) is 0 Å². The summed E-state index contributed by atoms with van der Waals surface area (Å²) >= 11 is 2.70. The van der Waals surface area contributed by atoms with Gasteiger partial charge in [-0.3, -0.25) is 9.59 Å². The molecule has 28 heavy (non-hydrogen) atoms. The number of nitrogens with one attached hydrogen (secondary N) is 2. The Morgan fingerprint density at radius 2 is 2.11 bits per heavy atom. The highest BCUT2D eigenvalue weighted by molar-refractivity contribution is 7.99. The van der Waals surface area contributed by atoms with Crippen molar-refractivity contribution >= 4 is 39.2 Å². The molecule has 0 unspecified atom stereocenters. The van der Waals surface area contributed by atoms with Crippen LogP contribution in [0.3, 0.4) is 0 Å². The maximum absolute atomic E-state index is 12.7. The van der Waals surface area contributed by atoms with Gasteiger partial charge in [0.15, 0.2) is 5.16 Å². The molecule has 2 aromatic rings. The first kappa shape index (κ1) is 22.4. The summed E-state index contributed by atoms with van der Waals surface area (Å²) < 4.78 is 0. The minimum Gasteiger partial charge on any atom is -0.337 e. The van der Waals surface area contributed by atoms with Crippen molar-refractivity contribution in [3.8, 4) is 6.07 Å². The standard InChI is InChI=1S/C20H28N4O2S2/c1-7-12(4)8-14-13(5)28-18-16(14)17(26)22-19(23-18)27-9-15(25)24-20(6,10-21)11(2)3/h11-12H,7-9H2,1-6H3,(H,24,25)(H,22,23,26)/t12-,20-/m0/s1. The molecule has 2 rings (SSSR count). The number of fused-ring (bicyclic) bond motifs is 1. The average Bonchev–Trinajstić information content (AvgIpc) is 2.95. The molecule has 2 heterocycles. The molecule has 152 valence electrons. The summed E-state index contributed by atoms with van der Waals surface area (Å²) in [5.74, 6) is 0.316. The number of H-pyrrole nitrogens is 1. The predicted octanol–water partition coefficient (Wildman–Crippen LogP) is 4.03. The Labute approximate surface area is 174 Å². The van der Waals surface area contributed by atoms with Crippen LogP contribution in [-0.4, -0.2) is 27.2 Å². The molecule has 2 aromatic heterocycles. The van der Waals surface area contributed by atoms with E-state index in [2.05, 4.69) is 35.2 Å². The third-order valence-electron chi connectivity index (χ3n) is 5.22. The number of rotatable bonds is 8. The highest BCUT2D eigenvalue weighted by atomic mass is 32.2. The monoisotopic (exact) mass is 420 g/mol. The van der Waals surface area contributed by atoms with Gasteiger partial charge in [-0.2, -0.15) is 5.26 Å². The van der Waals surface area contributed by atoms with E-state index in [0.717, 1.165) is 23.3 Å². The predicted molar refractivity (Wildman–Crippen MR) is 116 cm³/mol. The van der Waals surface area contributed by atoms with Crippen LogP contribution in [0.25, 0.3) is 10.2 Å². The molecule has 6 nitrogen and oxygen atoms in total. The van der Waals surface area contributed by atoms with E-state index in [1.807, 2.05) is 20.8 Å². The van der Waals surface area contributed by atoms with E-state index >= 15 is 0 Å². The number of amides is 1. The number of aromatic nitrogens is 2. The lowest BCUT2D eigenvalue weighted by atomic mass is 9.90. The van der Waals surface area contributed by atoms with Gasteiger partial charge in [0.25, 0.3) is 5.56 Å². The molecule has 0 bridgehead atoms. The van der Waals surface area contributed by atoms with Crippen LogP contribution in [0, 0.1) is 30.1 Å². The van der Waals surface area contributed by atoms with E-state index < -0.39 is 5.54 Å². The fourth-order valence-corrected chi connectivity index (χ4v) is 4.50. The maximum atomic E-state index is 12.7. The number of hydrogen-bond acceptors (Lipinski definition) is 6. The first-order valence-corrected chi connectivity index (χ1v) is 11.3. The van der Waals surface area contributed by atoms with Crippen LogP contribution in [0.15, 0.2) is 9.95 Å². The lowest BCUT2D eigenvalue weighted by Crippen LogP contribution is -2.49. The summed E-state index contributed by atoms with van der Waals surface area (Å²) in [7, 11) is 0. The quantitative estimate of drug-likeness (QED) is 0.496. The average molecular weight is 421 g/mol. The van der Waals surface area contributed by atoms with Crippen molar-refractivity contribution in [1.82, 2.24) is 15.3 Å². The largest absolute Gasteiger partial charge is 0.337 e. The maximum Gasteiger partial charge on any atom is 0.260 e. The van der Waals surface area contributed by atoms with Gasteiger partial charge in [0.2, 0.25) is 5.91 Å². The Bertz CT molecular complexity index is 957. The van der Waals surface area contributed by atoms with E-state index in [1.54, 1.807) is 6.92 Å². The number of hydrogen-bond donors (Lipinski definition) is 2. The zero-order valence-corrected chi connectivity index (χ0v) is 18.9. The van der Waals surface area contributed by atoms with E-state index in [0.29, 0.717) is 21.3 Å². The summed E-state index contributed by atoms with van der Waals surface area (Å²) in [6.45, 7) is 11.8. The van der Waals surface area contributed by atoms with Gasteiger partial charge >= 0.3 is 0 Å². The Balaban J connectivity index is 2.18. The lowest BCUT2D eigenvalue weighted by molar-refractivity contribution is -0.120. The molecular formula is C20H28N4O2S2. The molecule has 0 fully saturated rings. The van der Waals surface area contributed by atoms with E-state index in [1.165, 1.54) is 23.1 Å². The first-order valence-electron chi connectivity index (χ1n) is 9.48. The molecule has 0 radical (unpaired) electrons. The second-order valence-corrected chi connectivity index (χ2v) is 9.88. The molecule has 0 aliphatic carbocycles. The molecule has 0 spiro atoms. The SMILES string of the molecule is CC[C@H](C)Cc1c(C)sc2nc(SCC(=O)N[C@@](C)(C#N)C(C)C)[nH]c(=O)c12. The van der Waals surface area contributed by atoms with Crippen molar-refractivity contribution < 1.29 is 4.79 Å². The third kappa shape index (κ3) is 4.95. The van der Waals surface area contributed by atoms with Crippen LogP contribution in [0.4, 0.5) is 0 Å². The van der Waals surface area contributed by atoms with Crippen molar-refractivity contribution in [3.05, 3.63) is 20.8 Å². The second-order valence-electron chi connectivity index (χ2n) is 7.71. The fourth-order valence-electron chi connectivity index (χ4n) is 2.72. The van der Waals surface area contributed by atoms with Gasteiger partial charge in [-0.05, 0) is 37.7 Å². The summed E-state index contributed by atoms with van der Waals surface area (Å²) in [4.78, 5) is 34.1. The van der Waals surface area contributed by atoms with Crippen molar-refractivity contribution in [2.24, 2.45) is 11.8 Å². The summed E-state index contributed by atoms with van der Waals surface area (Å²) in [6, 6.07) is 2.16. The third-order valence-corrected chi connectivity index (χ3v) is 7.13. The van der Waals surface area contributed by atoms with Gasteiger partial charge in [-0.1, -0.05) is 45.9 Å². The van der Waals surface area contributed by atoms with Gasteiger partial charge < -0.3 is 10.3 Å². The van der Waals surface area contributed by atoms with E-state index in [9.17, 15) is 14.9 Å². The number of aryl methyl sites for hydroxylation is 1. The Morgan fingerprint density at radius 3 is 2.68 bits per heavy atom. The van der Waals surface area contributed by atoms with Gasteiger partial charge in [-0.15, -0.1) is 11.3 Å². The van der Waals surface area contributed by atoms with Crippen LogP contribution in [-0.2, 0) is 11.2 Å². The van der Waals surface area contributed by atoms with Crippen LogP contribution in [0.1, 0.15) is 51.5 Å². The summed E-state index contributed by atoms with van der Waals surface area (Å²) in [5, 5.41) is 13.2. The highest BCUT2D eigenvalue weighted by Crippen LogP contribution is 2.30. The number of thioether (sulfide) groups is 1. The van der Waals surface area contributed by atoms with Crippen LogP contribution < -0.4 is 10.9 Å². The van der Waals surface area contributed by atoms with Crippen molar-refractivity contribution in [3.63, 3.8) is 0 Å². The minimum atomic E-state index is -0.918. The molecule has 0 saturated heterocycles. The molecule has 0 aliphatic heterocycles. The molecule has 2 N–H and O–H groups in total. The van der Waals surface area contributed by atoms with E-state index in [-0.39, 0.29) is 23.1 Å². The normalized spacial score (nSPS) is 14.6. The van der Waals surface area contributed by atoms with Crippen molar-refractivity contribution in [2.75, 3.05) is 5.75 Å². The zero-order chi connectivity index (χ0) is 21.1. The van der Waals surface area contributed by atoms with Gasteiger partial charge in [0.05, 0.1) is 17.2 Å². The smallest absolute Gasteiger partial charge is 0.260 e. The lowest BCUT2D eigenvalue weighted by Gasteiger charge is -2.27. The zero-order valence-electron chi connectivity index (χ0n) is 17.3. The van der Waals surface area contributed by atoms with Crippen LogP contribution >= 0.6 is 23.1 Å². The van der Waals surface area contributed by atoms with Crippen LogP contribution in [0.2, 0.25) is 0 Å². The van der Waals surface area contributed by atoms with Gasteiger partial charge in [-0.25, -0.2) is 4.98 Å². The second kappa shape index (κ2) is 9.10. The topological polar surface area (TPSA) is 98.6 Å². The number of nitriles is 1.